The molecule has 104 valence electrons. The zero-order valence-electron chi connectivity index (χ0n) is 11.9. The van der Waals surface area contributed by atoms with Crippen molar-refractivity contribution in [1.82, 2.24) is 0 Å². The van der Waals surface area contributed by atoms with Gasteiger partial charge in [0.1, 0.15) is 11.5 Å². The standard InChI is InChI=1S/C17H18O3/c1-4-13-10-15(5-7-16(13)19)14-6-8-17(11(2)9-14)20-12(3)18/h5-10,19H,4H2,1-3H3. The predicted octanol–water partition coefficient (Wildman–Crippen LogP) is 3.86. The minimum atomic E-state index is -0.321. The van der Waals surface area contributed by atoms with Crippen LogP contribution < -0.4 is 4.74 Å². The number of phenols is 1. The molecule has 2 aromatic carbocycles. The monoisotopic (exact) mass is 270 g/mol. The number of benzene rings is 2. The number of aromatic hydroxyl groups is 1. The van der Waals surface area contributed by atoms with Gasteiger partial charge in [-0.25, -0.2) is 0 Å². The number of rotatable bonds is 3. The summed E-state index contributed by atoms with van der Waals surface area (Å²) in [4.78, 5) is 11.0. The quantitative estimate of drug-likeness (QED) is 0.680. The Labute approximate surface area is 118 Å². The molecule has 0 atom stereocenters. The van der Waals surface area contributed by atoms with Crippen LogP contribution in [-0.2, 0) is 11.2 Å². The lowest BCUT2D eigenvalue weighted by molar-refractivity contribution is -0.131. The molecule has 0 aromatic heterocycles. The maximum Gasteiger partial charge on any atom is 0.308 e. The Hall–Kier alpha value is -2.29. The second-order valence-electron chi connectivity index (χ2n) is 4.77. The van der Waals surface area contributed by atoms with Gasteiger partial charge in [0.2, 0.25) is 0 Å². The third kappa shape index (κ3) is 2.99. The molecule has 0 unspecified atom stereocenters. The number of carbonyl (C=O) groups excluding carboxylic acids is 1. The molecular weight excluding hydrogens is 252 g/mol. The fourth-order valence-corrected chi connectivity index (χ4v) is 2.15. The molecule has 0 aliphatic heterocycles. The minimum Gasteiger partial charge on any atom is -0.508 e. The molecule has 0 radical (unpaired) electrons. The van der Waals surface area contributed by atoms with E-state index in [1.807, 2.05) is 38.1 Å². The van der Waals surface area contributed by atoms with Crippen LogP contribution in [-0.4, -0.2) is 11.1 Å². The third-order valence-electron chi connectivity index (χ3n) is 3.22. The maximum atomic E-state index is 11.0. The van der Waals surface area contributed by atoms with E-state index in [2.05, 4.69) is 0 Å². The summed E-state index contributed by atoms with van der Waals surface area (Å²) in [5, 5.41) is 9.72. The maximum absolute atomic E-state index is 11.0. The van der Waals surface area contributed by atoms with Crippen molar-refractivity contribution >= 4 is 5.97 Å². The van der Waals surface area contributed by atoms with Crippen molar-refractivity contribution in [1.29, 1.82) is 0 Å². The number of hydrogen-bond acceptors (Lipinski definition) is 3. The fraction of sp³-hybridized carbons (Fsp3) is 0.235. The van der Waals surface area contributed by atoms with E-state index in [0.29, 0.717) is 11.5 Å². The molecule has 3 nitrogen and oxygen atoms in total. The lowest BCUT2D eigenvalue weighted by Gasteiger charge is -2.10. The van der Waals surface area contributed by atoms with Crippen molar-refractivity contribution in [3.05, 3.63) is 47.5 Å². The van der Waals surface area contributed by atoms with E-state index >= 15 is 0 Å². The van der Waals surface area contributed by atoms with Crippen LogP contribution in [0.2, 0.25) is 0 Å². The van der Waals surface area contributed by atoms with Crippen molar-refractivity contribution in [3.8, 4) is 22.6 Å². The van der Waals surface area contributed by atoms with E-state index in [1.54, 1.807) is 12.1 Å². The van der Waals surface area contributed by atoms with Crippen molar-refractivity contribution in [2.75, 3.05) is 0 Å². The van der Waals surface area contributed by atoms with Crippen LogP contribution in [0.3, 0.4) is 0 Å². The number of aryl methyl sites for hydroxylation is 2. The molecular formula is C17H18O3. The minimum absolute atomic E-state index is 0.321. The van der Waals surface area contributed by atoms with Gasteiger partial charge in [-0.1, -0.05) is 19.1 Å². The molecule has 0 aliphatic carbocycles. The van der Waals surface area contributed by atoms with E-state index in [4.69, 9.17) is 4.74 Å². The summed E-state index contributed by atoms with van der Waals surface area (Å²) in [6, 6.07) is 11.3. The lowest BCUT2D eigenvalue weighted by Crippen LogP contribution is -2.02. The molecule has 20 heavy (non-hydrogen) atoms. The molecule has 3 heteroatoms. The van der Waals surface area contributed by atoms with Gasteiger partial charge in [0.15, 0.2) is 0 Å². The molecule has 0 spiro atoms. The van der Waals surface area contributed by atoms with Gasteiger partial charge in [-0.2, -0.15) is 0 Å². The summed E-state index contributed by atoms with van der Waals surface area (Å²) in [7, 11) is 0. The second kappa shape index (κ2) is 5.78. The molecule has 0 saturated carbocycles. The lowest BCUT2D eigenvalue weighted by atomic mass is 9.99. The first kappa shape index (κ1) is 14.1. The molecule has 0 heterocycles. The first-order valence-electron chi connectivity index (χ1n) is 6.62. The van der Waals surface area contributed by atoms with E-state index in [9.17, 15) is 9.90 Å². The third-order valence-corrected chi connectivity index (χ3v) is 3.22. The van der Waals surface area contributed by atoms with E-state index < -0.39 is 0 Å². The highest BCUT2D eigenvalue weighted by Crippen LogP contribution is 2.29. The SMILES string of the molecule is CCc1cc(-c2ccc(OC(C)=O)c(C)c2)ccc1O. The Balaban J connectivity index is 2.38. The molecule has 0 amide bonds. The van der Waals surface area contributed by atoms with Crippen LogP contribution in [0.4, 0.5) is 0 Å². The largest absolute Gasteiger partial charge is 0.508 e. The van der Waals surface area contributed by atoms with Gasteiger partial charge in [0.05, 0.1) is 0 Å². The molecule has 0 fully saturated rings. The van der Waals surface area contributed by atoms with Gasteiger partial charge in [0.25, 0.3) is 0 Å². The molecule has 0 saturated heterocycles. The molecule has 2 rings (SSSR count). The van der Waals surface area contributed by atoms with Crippen LogP contribution in [0.1, 0.15) is 25.0 Å². The Kier molecular flexibility index (Phi) is 4.08. The van der Waals surface area contributed by atoms with Gasteiger partial charge >= 0.3 is 5.97 Å². The van der Waals surface area contributed by atoms with E-state index in [-0.39, 0.29) is 5.97 Å². The topological polar surface area (TPSA) is 46.5 Å². The van der Waals surface area contributed by atoms with E-state index in [1.165, 1.54) is 6.92 Å². The van der Waals surface area contributed by atoms with Crippen molar-refractivity contribution in [3.63, 3.8) is 0 Å². The van der Waals surface area contributed by atoms with Gasteiger partial charge in [0, 0.05) is 6.92 Å². The Morgan fingerprint density at radius 3 is 2.40 bits per heavy atom. The average Bonchev–Trinajstić information content (AvgIpc) is 2.41. The van der Waals surface area contributed by atoms with E-state index in [0.717, 1.165) is 28.7 Å². The summed E-state index contributed by atoms with van der Waals surface area (Å²) in [6.45, 7) is 5.30. The highest BCUT2D eigenvalue weighted by molar-refractivity contribution is 5.72. The van der Waals surface area contributed by atoms with Gasteiger partial charge in [-0.15, -0.1) is 0 Å². The van der Waals surface area contributed by atoms with Crippen LogP contribution in [0.5, 0.6) is 11.5 Å². The summed E-state index contributed by atoms with van der Waals surface area (Å²) >= 11 is 0. The van der Waals surface area contributed by atoms with Crippen LogP contribution in [0.25, 0.3) is 11.1 Å². The summed E-state index contributed by atoms with van der Waals surface area (Å²) < 4.78 is 5.12. The number of hydrogen-bond donors (Lipinski definition) is 1. The van der Waals surface area contributed by atoms with Gasteiger partial charge in [-0.3, -0.25) is 4.79 Å². The number of ether oxygens (including phenoxy) is 1. The average molecular weight is 270 g/mol. The molecule has 2 aromatic rings. The molecule has 0 aliphatic rings. The van der Waals surface area contributed by atoms with Gasteiger partial charge in [-0.05, 0) is 59.9 Å². The molecule has 0 bridgehead atoms. The summed E-state index contributed by atoms with van der Waals surface area (Å²) in [5.41, 5.74) is 3.90. The predicted molar refractivity (Wildman–Crippen MR) is 79.0 cm³/mol. The normalized spacial score (nSPS) is 10.3. The Morgan fingerprint density at radius 1 is 1.15 bits per heavy atom. The smallest absolute Gasteiger partial charge is 0.308 e. The first-order valence-corrected chi connectivity index (χ1v) is 6.62. The Bertz CT molecular complexity index is 645. The number of carbonyl (C=O) groups is 1. The highest BCUT2D eigenvalue weighted by atomic mass is 16.5. The van der Waals surface area contributed by atoms with Crippen LogP contribution >= 0.6 is 0 Å². The first-order chi connectivity index (χ1) is 9.51. The number of phenolic OH excluding ortho intramolecular Hbond substituents is 1. The molecule has 1 N–H and O–H groups in total. The van der Waals surface area contributed by atoms with Crippen molar-refractivity contribution in [2.45, 2.75) is 27.2 Å². The fourth-order valence-electron chi connectivity index (χ4n) is 2.15. The van der Waals surface area contributed by atoms with Crippen molar-refractivity contribution < 1.29 is 14.6 Å². The Morgan fingerprint density at radius 2 is 1.80 bits per heavy atom. The van der Waals surface area contributed by atoms with Crippen molar-refractivity contribution in [2.24, 2.45) is 0 Å². The highest BCUT2D eigenvalue weighted by Gasteiger charge is 2.07. The summed E-state index contributed by atoms with van der Waals surface area (Å²) in [5.74, 6) is 0.582. The zero-order chi connectivity index (χ0) is 14.7. The van der Waals surface area contributed by atoms with Crippen LogP contribution in [0.15, 0.2) is 36.4 Å². The number of esters is 1. The zero-order valence-corrected chi connectivity index (χ0v) is 11.9. The van der Waals surface area contributed by atoms with Crippen LogP contribution in [0, 0.1) is 6.92 Å². The second-order valence-corrected chi connectivity index (χ2v) is 4.77. The summed E-state index contributed by atoms with van der Waals surface area (Å²) in [6.07, 6.45) is 0.782. The van der Waals surface area contributed by atoms with Gasteiger partial charge < -0.3 is 9.84 Å².